The molecule has 0 amide bonds. The van der Waals surface area contributed by atoms with Gasteiger partial charge in [0.15, 0.2) is 11.5 Å². The fourth-order valence-corrected chi connectivity index (χ4v) is 2.06. The maximum absolute atomic E-state index is 10.4. The molecular formula is C14H23NO4. The van der Waals surface area contributed by atoms with Crippen LogP contribution in [-0.2, 0) is 0 Å². The number of hydrogen-bond donors (Lipinski definition) is 2. The van der Waals surface area contributed by atoms with E-state index in [0.29, 0.717) is 22.8 Å². The molecule has 0 spiro atoms. The van der Waals surface area contributed by atoms with Crippen LogP contribution in [0.5, 0.6) is 17.2 Å². The fraction of sp³-hybridized carbons (Fsp3) is 0.571. The molecule has 0 bridgehead atoms. The fourth-order valence-electron chi connectivity index (χ4n) is 2.06. The Kier molecular flexibility index (Phi) is 5.92. The van der Waals surface area contributed by atoms with Crippen molar-refractivity contribution >= 4 is 0 Å². The van der Waals surface area contributed by atoms with Gasteiger partial charge in [0.25, 0.3) is 0 Å². The molecule has 0 heterocycles. The zero-order valence-electron chi connectivity index (χ0n) is 12.2. The van der Waals surface area contributed by atoms with Crippen molar-refractivity contribution < 1.29 is 19.3 Å². The number of rotatable bonds is 7. The third kappa shape index (κ3) is 3.30. The van der Waals surface area contributed by atoms with E-state index in [9.17, 15) is 5.11 Å². The van der Waals surface area contributed by atoms with Crippen molar-refractivity contribution in [1.82, 2.24) is 5.32 Å². The number of ether oxygens (including phenoxy) is 3. The van der Waals surface area contributed by atoms with Crippen molar-refractivity contribution in [3.05, 3.63) is 17.7 Å². The minimum absolute atomic E-state index is 0.0861. The summed E-state index contributed by atoms with van der Waals surface area (Å²) < 4.78 is 15.9. The van der Waals surface area contributed by atoms with Gasteiger partial charge >= 0.3 is 0 Å². The predicted molar refractivity (Wildman–Crippen MR) is 74.2 cm³/mol. The molecule has 1 rings (SSSR count). The van der Waals surface area contributed by atoms with Crippen LogP contribution in [0.3, 0.4) is 0 Å². The van der Waals surface area contributed by atoms with Crippen LogP contribution in [-0.4, -0.2) is 39.0 Å². The lowest BCUT2D eigenvalue weighted by Crippen LogP contribution is -2.32. The molecule has 5 heteroatoms. The van der Waals surface area contributed by atoms with E-state index in [4.69, 9.17) is 14.2 Å². The van der Waals surface area contributed by atoms with E-state index in [1.165, 1.54) is 0 Å². The van der Waals surface area contributed by atoms with Gasteiger partial charge in [-0.05, 0) is 25.6 Å². The lowest BCUT2D eigenvalue weighted by Gasteiger charge is -2.23. The summed E-state index contributed by atoms with van der Waals surface area (Å²) in [4.78, 5) is 0. The Morgan fingerprint density at radius 3 is 2.21 bits per heavy atom. The summed E-state index contributed by atoms with van der Waals surface area (Å²) in [6.07, 6.45) is -0.685. The van der Waals surface area contributed by atoms with Crippen molar-refractivity contribution in [1.29, 1.82) is 0 Å². The molecule has 2 unspecified atom stereocenters. The monoisotopic (exact) mass is 269 g/mol. The predicted octanol–water partition coefficient (Wildman–Crippen LogP) is 1.74. The standard InChI is InChI=1S/C14H23NO4/c1-6-15-9(2)12(16)10-7-8-11(17-3)14(19-5)13(10)18-4/h7-9,12,15-16H,6H2,1-5H3. The average molecular weight is 269 g/mol. The van der Waals surface area contributed by atoms with Crippen LogP contribution < -0.4 is 19.5 Å². The van der Waals surface area contributed by atoms with Gasteiger partial charge in [-0.15, -0.1) is 0 Å². The molecule has 5 nitrogen and oxygen atoms in total. The number of likely N-dealkylation sites (N-methyl/N-ethyl adjacent to an activating group) is 1. The number of hydrogen-bond acceptors (Lipinski definition) is 5. The number of methoxy groups -OCH3 is 3. The molecule has 1 aromatic carbocycles. The Bertz CT molecular complexity index is 409. The van der Waals surface area contributed by atoms with Crippen LogP contribution in [0.25, 0.3) is 0 Å². The quantitative estimate of drug-likeness (QED) is 0.789. The summed E-state index contributed by atoms with van der Waals surface area (Å²) in [5, 5.41) is 13.6. The normalized spacial score (nSPS) is 13.8. The highest BCUT2D eigenvalue weighted by Gasteiger charge is 2.24. The second kappa shape index (κ2) is 7.21. The molecule has 0 radical (unpaired) electrons. The molecule has 1 aromatic rings. The lowest BCUT2D eigenvalue weighted by molar-refractivity contribution is 0.133. The van der Waals surface area contributed by atoms with Crippen LogP contribution in [0.4, 0.5) is 0 Å². The zero-order chi connectivity index (χ0) is 14.4. The first-order valence-electron chi connectivity index (χ1n) is 6.30. The van der Waals surface area contributed by atoms with E-state index >= 15 is 0 Å². The number of aliphatic hydroxyl groups is 1. The van der Waals surface area contributed by atoms with Crippen LogP contribution >= 0.6 is 0 Å². The minimum atomic E-state index is -0.685. The Hall–Kier alpha value is -1.46. The van der Waals surface area contributed by atoms with Crippen LogP contribution in [0, 0.1) is 0 Å². The maximum atomic E-state index is 10.4. The smallest absolute Gasteiger partial charge is 0.203 e. The Balaban J connectivity index is 3.20. The third-order valence-electron chi connectivity index (χ3n) is 3.05. The van der Waals surface area contributed by atoms with Gasteiger partial charge in [-0.2, -0.15) is 0 Å². The summed E-state index contributed by atoms with van der Waals surface area (Å²) in [5.74, 6) is 1.57. The van der Waals surface area contributed by atoms with Gasteiger partial charge in [-0.3, -0.25) is 0 Å². The number of aliphatic hydroxyl groups excluding tert-OH is 1. The molecule has 19 heavy (non-hydrogen) atoms. The summed E-state index contributed by atoms with van der Waals surface area (Å²) in [6, 6.07) is 3.47. The third-order valence-corrected chi connectivity index (χ3v) is 3.05. The molecule has 108 valence electrons. The summed E-state index contributed by atoms with van der Waals surface area (Å²) in [7, 11) is 4.66. The Morgan fingerprint density at radius 1 is 1.11 bits per heavy atom. The molecular weight excluding hydrogens is 246 g/mol. The minimum Gasteiger partial charge on any atom is -0.493 e. The topological polar surface area (TPSA) is 60.0 Å². The molecule has 0 aliphatic heterocycles. The molecule has 0 saturated heterocycles. The molecule has 0 aliphatic carbocycles. The van der Waals surface area contributed by atoms with Crippen LogP contribution in [0.2, 0.25) is 0 Å². The Labute approximate surface area is 114 Å². The van der Waals surface area contributed by atoms with Gasteiger partial charge in [0.2, 0.25) is 5.75 Å². The SMILES string of the molecule is CCNC(C)C(O)c1ccc(OC)c(OC)c1OC. The highest BCUT2D eigenvalue weighted by atomic mass is 16.5. The Morgan fingerprint density at radius 2 is 1.74 bits per heavy atom. The summed E-state index contributed by atoms with van der Waals surface area (Å²) in [5.41, 5.74) is 0.675. The van der Waals surface area contributed by atoms with Gasteiger partial charge in [0.1, 0.15) is 0 Å². The van der Waals surface area contributed by atoms with Gasteiger partial charge in [-0.1, -0.05) is 6.92 Å². The first kappa shape index (κ1) is 15.6. The van der Waals surface area contributed by atoms with Gasteiger partial charge in [0.05, 0.1) is 27.4 Å². The van der Waals surface area contributed by atoms with Crippen molar-refractivity contribution in [3.63, 3.8) is 0 Å². The van der Waals surface area contributed by atoms with E-state index in [2.05, 4.69) is 5.32 Å². The van der Waals surface area contributed by atoms with E-state index < -0.39 is 6.10 Å². The molecule has 0 aliphatic rings. The average Bonchev–Trinajstić information content (AvgIpc) is 2.44. The second-order valence-corrected chi connectivity index (χ2v) is 4.21. The lowest BCUT2D eigenvalue weighted by atomic mass is 10.0. The van der Waals surface area contributed by atoms with Crippen molar-refractivity contribution in [3.8, 4) is 17.2 Å². The molecule has 0 saturated carbocycles. The molecule has 2 atom stereocenters. The van der Waals surface area contributed by atoms with Crippen molar-refractivity contribution in [2.24, 2.45) is 0 Å². The largest absolute Gasteiger partial charge is 0.493 e. The second-order valence-electron chi connectivity index (χ2n) is 4.21. The van der Waals surface area contributed by atoms with Crippen molar-refractivity contribution in [2.45, 2.75) is 26.0 Å². The first-order chi connectivity index (χ1) is 9.10. The number of benzene rings is 1. The summed E-state index contributed by atoms with van der Waals surface area (Å²) in [6.45, 7) is 4.70. The van der Waals surface area contributed by atoms with E-state index in [-0.39, 0.29) is 6.04 Å². The van der Waals surface area contributed by atoms with E-state index in [0.717, 1.165) is 6.54 Å². The first-order valence-corrected chi connectivity index (χ1v) is 6.30. The van der Waals surface area contributed by atoms with Gasteiger partial charge in [0, 0.05) is 11.6 Å². The van der Waals surface area contributed by atoms with E-state index in [1.54, 1.807) is 33.5 Å². The van der Waals surface area contributed by atoms with Crippen LogP contribution in [0.15, 0.2) is 12.1 Å². The highest BCUT2D eigenvalue weighted by molar-refractivity contribution is 5.56. The van der Waals surface area contributed by atoms with Crippen molar-refractivity contribution in [2.75, 3.05) is 27.9 Å². The van der Waals surface area contributed by atoms with Gasteiger partial charge in [-0.25, -0.2) is 0 Å². The maximum Gasteiger partial charge on any atom is 0.203 e. The van der Waals surface area contributed by atoms with E-state index in [1.807, 2.05) is 13.8 Å². The summed E-state index contributed by atoms with van der Waals surface area (Å²) >= 11 is 0. The molecule has 0 fully saturated rings. The molecule has 2 N–H and O–H groups in total. The molecule has 0 aromatic heterocycles. The van der Waals surface area contributed by atoms with Crippen LogP contribution in [0.1, 0.15) is 25.5 Å². The zero-order valence-corrected chi connectivity index (χ0v) is 12.2. The number of nitrogens with one attached hydrogen (secondary N) is 1. The highest BCUT2D eigenvalue weighted by Crippen LogP contribution is 2.42. The van der Waals surface area contributed by atoms with Gasteiger partial charge < -0.3 is 24.6 Å².